The van der Waals surface area contributed by atoms with Gasteiger partial charge in [-0.1, -0.05) is 30.3 Å². The molecule has 1 aromatic carbocycles. The van der Waals surface area contributed by atoms with E-state index < -0.39 is 11.7 Å². The van der Waals surface area contributed by atoms with Crippen molar-refractivity contribution in [1.29, 1.82) is 0 Å². The first-order valence-electron chi connectivity index (χ1n) is 8.59. The van der Waals surface area contributed by atoms with E-state index in [0.717, 1.165) is 17.7 Å². The number of benzene rings is 1. The van der Waals surface area contributed by atoms with Crippen LogP contribution in [-0.4, -0.2) is 35.7 Å². The first-order valence-corrected chi connectivity index (χ1v) is 8.59. The Morgan fingerprint density at radius 1 is 1.28 bits per heavy atom. The molecule has 138 valence electrons. The normalized spacial score (nSPS) is 19.9. The summed E-state index contributed by atoms with van der Waals surface area (Å²) in [5.74, 6) is 0. The molecule has 0 aromatic heterocycles. The van der Waals surface area contributed by atoms with Crippen LogP contribution >= 0.6 is 0 Å². The van der Waals surface area contributed by atoms with E-state index in [9.17, 15) is 9.90 Å². The molecule has 0 atom stereocenters. The predicted molar refractivity (Wildman–Crippen MR) is 96.3 cm³/mol. The van der Waals surface area contributed by atoms with Gasteiger partial charge >= 0.3 is 6.09 Å². The Hall–Kier alpha value is -1.92. The summed E-state index contributed by atoms with van der Waals surface area (Å²) in [6.07, 6.45) is 1.52. The molecule has 0 spiro atoms. The molecule has 1 fully saturated rings. The second-order valence-electron chi connectivity index (χ2n) is 7.59. The van der Waals surface area contributed by atoms with Crippen molar-refractivity contribution in [2.45, 2.75) is 52.2 Å². The molecule has 2 N–H and O–H groups in total. The van der Waals surface area contributed by atoms with Crippen LogP contribution in [-0.2, 0) is 16.1 Å². The van der Waals surface area contributed by atoms with Crippen molar-refractivity contribution >= 4 is 11.8 Å². The maximum absolute atomic E-state index is 11.6. The Labute approximate surface area is 149 Å². The van der Waals surface area contributed by atoms with Crippen LogP contribution < -0.4 is 5.43 Å². The Morgan fingerprint density at radius 3 is 2.56 bits per heavy atom. The number of hydrazone groups is 1. The fourth-order valence-electron chi connectivity index (χ4n) is 2.74. The fourth-order valence-corrected chi connectivity index (χ4v) is 2.74. The molecule has 0 aliphatic heterocycles. The van der Waals surface area contributed by atoms with Crippen LogP contribution in [0.4, 0.5) is 4.79 Å². The Morgan fingerprint density at radius 2 is 1.96 bits per heavy atom. The summed E-state index contributed by atoms with van der Waals surface area (Å²) in [5, 5.41) is 13.8. The van der Waals surface area contributed by atoms with Crippen molar-refractivity contribution in [3.63, 3.8) is 0 Å². The number of hydrogen-bond donors (Lipinski definition) is 2. The van der Waals surface area contributed by atoms with Gasteiger partial charge in [0.1, 0.15) is 5.60 Å². The molecule has 1 aliphatic rings. The summed E-state index contributed by atoms with van der Waals surface area (Å²) >= 11 is 0. The second kappa shape index (κ2) is 8.45. The second-order valence-corrected chi connectivity index (χ2v) is 7.59. The van der Waals surface area contributed by atoms with Crippen LogP contribution in [0.25, 0.3) is 0 Å². The molecule has 0 heterocycles. The zero-order valence-corrected chi connectivity index (χ0v) is 15.2. The summed E-state index contributed by atoms with van der Waals surface area (Å²) in [4.78, 5) is 11.6. The number of amides is 1. The molecule has 1 amide bonds. The van der Waals surface area contributed by atoms with Crippen molar-refractivity contribution < 1.29 is 19.4 Å². The molecule has 2 rings (SSSR count). The number of aliphatic hydroxyl groups is 1. The number of ether oxygens (including phenoxy) is 2. The number of hydrogen-bond acceptors (Lipinski definition) is 5. The van der Waals surface area contributed by atoms with E-state index in [1.807, 2.05) is 30.3 Å². The highest BCUT2D eigenvalue weighted by Gasteiger charge is 2.41. The summed E-state index contributed by atoms with van der Waals surface area (Å²) in [6.45, 7) is 6.65. The van der Waals surface area contributed by atoms with Gasteiger partial charge in [-0.05, 0) is 45.6 Å². The van der Waals surface area contributed by atoms with Gasteiger partial charge in [-0.25, -0.2) is 10.2 Å². The van der Waals surface area contributed by atoms with Crippen LogP contribution in [0.15, 0.2) is 35.4 Å². The molecule has 0 radical (unpaired) electrons. The lowest BCUT2D eigenvalue weighted by Gasteiger charge is -2.41. The van der Waals surface area contributed by atoms with Crippen molar-refractivity contribution in [2.75, 3.05) is 13.2 Å². The van der Waals surface area contributed by atoms with Crippen LogP contribution in [0.1, 0.15) is 45.6 Å². The van der Waals surface area contributed by atoms with Gasteiger partial charge in [0.25, 0.3) is 0 Å². The lowest BCUT2D eigenvalue weighted by molar-refractivity contribution is 0.0425. The highest BCUT2D eigenvalue weighted by Crippen LogP contribution is 2.41. The van der Waals surface area contributed by atoms with E-state index in [0.29, 0.717) is 26.1 Å². The van der Waals surface area contributed by atoms with Crippen LogP contribution in [0.3, 0.4) is 0 Å². The van der Waals surface area contributed by atoms with E-state index in [2.05, 4.69) is 10.5 Å². The lowest BCUT2D eigenvalue weighted by atomic mass is 9.66. The molecule has 1 aromatic rings. The average Bonchev–Trinajstić information content (AvgIpc) is 2.52. The standard InChI is InChI=1S/C19H28N2O4/c1-18(2,3)25-17(23)21-20-16-11-19(12-16,14-22)9-10-24-13-15-7-5-4-6-8-15/h4-8,22H,9-14H2,1-3H3,(H,21,23). The van der Waals surface area contributed by atoms with Crippen LogP contribution in [0.2, 0.25) is 0 Å². The van der Waals surface area contributed by atoms with Crippen molar-refractivity contribution in [3.8, 4) is 0 Å². The molecule has 0 saturated heterocycles. The van der Waals surface area contributed by atoms with Gasteiger partial charge in [-0.3, -0.25) is 0 Å². The van der Waals surface area contributed by atoms with E-state index >= 15 is 0 Å². The van der Waals surface area contributed by atoms with Crippen molar-refractivity contribution in [3.05, 3.63) is 35.9 Å². The predicted octanol–water partition coefficient (Wildman–Crippen LogP) is 3.25. The quantitative estimate of drug-likeness (QED) is 0.585. The number of nitrogens with zero attached hydrogens (tertiary/aromatic N) is 1. The number of rotatable bonds is 7. The van der Waals surface area contributed by atoms with Gasteiger partial charge in [0.05, 0.1) is 6.61 Å². The number of carbonyl (C=O) groups is 1. The topological polar surface area (TPSA) is 80.2 Å². The molecule has 25 heavy (non-hydrogen) atoms. The van der Waals surface area contributed by atoms with Gasteiger partial charge in [0, 0.05) is 24.3 Å². The summed E-state index contributed by atoms with van der Waals surface area (Å²) in [7, 11) is 0. The molecule has 1 aliphatic carbocycles. The van der Waals surface area contributed by atoms with E-state index in [1.165, 1.54) is 0 Å². The van der Waals surface area contributed by atoms with Gasteiger partial charge in [0.15, 0.2) is 0 Å². The van der Waals surface area contributed by atoms with E-state index in [1.54, 1.807) is 20.8 Å². The highest BCUT2D eigenvalue weighted by atomic mass is 16.6. The van der Waals surface area contributed by atoms with Crippen LogP contribution in [0, 0.1) is 5.41 Å². The molecular weight excluding hydrogens is 320 g/mol. The summed E-state index contributed by atoms with van der Waals surface area (Å²) < 4.78 is 10.8. The molecular formula is C19H28N2O4. The Balaban J connectivity index is 1.69. The first-order chi connectivity index (χ1) is 11.8. The minimum absolute atomic E-state index is 0.0904. The SMILES string of the molecule is CC(C)(C)OC(=O)NN=C1CC(CO)(CCOCc2ccccc2)C1. The largest absolute Gasteiger partial charge is 0.443 e. The number of nitrogens with one attached hydrogen (secondary N) is 1. The smallest absolute Gasteiger partial charge is 0.428 e. The van der Waals surface area contributed by atoms with Gasteiger partial charge in [-0.15, -0.1) is 0 Å². The average molecular weight is 348 g/mol. The zero-order chi connectivity index (χ0) is 18.3. The highest BCUT2D eigenvalue weighted by molar-refractivity contribution is 5.92. The monoisotopic (exact) mass is 348 g/mol. The maximum Gasteiger partial charge on any atom is 0.428 e. The van der Waals surface area contributed by atoms with Gasteiger partial charge in [0.2, 0.25) is 0 Å². The minimum Gasteiger partial charge on any atom is -0.443 e. The minimum atomic E-state index is -0.562. The molecule has 6 nitrogen and oxygen atoms in total. The lowest BCUT2D eigenvalue weighted by Crippen LogP contribution is -2.43. The van der Waals surface area contributed by atoms with Gasteiger partial charge < -0.3 is 14.6 Å². The third kappa shape index (κ3) is 6.48. The molecule has 6 heteroatoms. The van der Waals surface area contributed by atoms with E-state index in [4.69, 9.17) is 9.47 Å². The molecule has 1 saturated carbocycles. The zero-order valence-electron chi connectivity index (χ0n) is 15.2. The fraction of sp³-hybridized carbons (Fsp3) is 0.579. The van der Waals surface area contributed by atoms with Gasteiger partial charge in [-0.2, -0.15) is 5.10 Å². The Kier molecular flexibility index (Phi) is 6.56. The van der Waals surface area contributed by atoms with Crippen LogP contribution in [0.5, 0.6) is 0 Å². The van der Waals surface area contributed by atoms with E-state index in [-0.39, 0.29) is 12.0 Å². The third-order valence-corrected chi connectivity index (χ3v) is 4.09. The summed E-state index contributed by atoms with van der Waals surface area (Å²) in [5.41, 5.74) is 3.67. The number of carbonyl (C=O) groups excluding carboxylic acids is 1. The molecule has 0 bridgehead atoms. The van der Waals surface area contributed by atoms with Crippen molar-refractivity contribution in [1.82, 2.24) is 5.43 Å². The first kappa shape index (κ1) is 19.4. The van der Waals surface area contributed by atoms with Crippen molar-refractivity contribution in [2.24, 2.45) is 10.5 Å². The number of aliphatic hydroxyl groups excluding tert-OH is 1. The maximum atomic E-state index is 11.6. The summed E-state index contributed by atoms with van der Waals surface area (Å²) in [6, 6.07) is 10.0. The Bertz CT molecular complexity index is 585. The third-order valence-electron chi connectivity index (χ3n) is 4.09. The molecule has 0 unspecified atom stereocenters.